The van der Waals surface area contributed by atoms with Gasteiger partial charge < -0.3 is 86.0 Å². The van der Waals surface area contributed by atoms with Gasteiger partial charge in [0, 0.05) is 0 Å². The predicted octanol–water partition coefficient (Wildman–Crippen LogP) is -8.61. The van der Waals surface area contributed by atoms with Crippen molar-refractivity contribution >= 4 is 0 Å². The summed E-state index contributed by atoms with van der Waals surface area (Å²) < 4.78 is 21.9. The van der Waals surface area contributed by atoms with Crippen LogP contribution in [0.4, 0.5) is 0 Å². The molecule has 17 nitrogen and oxygen atoms in total. The molecule has 0 radical (unpaired) electrons. The number of hydrogen-bond donors (Lipinski definition) is 13. The van der Waals surface area contributed by atoms with Crippen LogP contribution in [0.2, 0.25) is 0 Å². The minimum absolute atomic E-state index is 0.789. The largest absolute Gasteiger partial charge is 0.394 e. The van der Waals surface area contributed by atoms with E-state index in [0.29, 0.717) is 0 Å². The summed E-state index contributed by atoms with van der Waals surface area (Å²) in [5, 5.41) is 121. The summed E-state index contributed by atoms with van der Waals surface area (Å²) in [5.74, 6) is -1.63. The molecule has 0 spiro atoms. The Morgan fingerprint density at radius 2 is 0.865 bits per heavy atom. The number of ether oxygens (including phenoxy) is 4. The molecule has 0 saturated carbocycles. The molecule has 0 aromatic heterocycles. The van der Waals surface area contributed by atoms with Crippen LogP contribution in [-0.4, -0.2) is 179 Å². The van der Waals surface area contributed by atoms with Crippen LogP contribution in [0, 0.1) is 5.92 Å². The molecular weight excluding hydrogens is 510 g/mol. The summed E-state index contributed by atoms with van der Waals surface area (Å²) in [7, 11) is 0. The van der Waals surface area contributed by atoms with Crippen LogP contribution in [0.1, 0.15) is 0 Å². The molecule has 3 rings (SSSR count). The highest BCUT2D eigenvalue weighted by molar-refractivity contribution is 5.03. The predicted molar refractivity (Wildman–Crippen MR) is 114 cm³/mol. The zero-order valence-corrected chi connectivity index (χ0v) is 19.5. The van der Waals surface area contributed by atoms with Crippen molar-refractivity contribution in [1.29, 1.82) is 0 Å². The quantitative estimate of drug-likeness (QED) is 0.125. The maximum Gasteiger partial charge on any atom is 0.188 e. The Balaban J connectivity index is 1.96. The molecule has 218 valence electrons. The fourth-order valence-corrected chi connectivity index (χ4v) is 4.88. The average molecular weight is 548 g/mol. The van der Waals surface area contributed by atoms with E-state index in [1.165, 1.54) is 0 Å². The second kappa shape index (κ2) is 12.7. The summed E-state index contributed by atoms with van der Waals surface area (Å²) in [5.41, 5.74) is 6.18. The fourth-order valence-electron chi connectivity index (χ4n) is 4.88. The van der Waals surface area contributed by atoms with Crippen LogP contribution >= 0.6 is 0 Å². The third kappa shape index (κ3) is 5.93. The first-order valence-corrected chi connectivity index (χ1v) is 11.7. The van der Waals surface area contributed by atoms with Gasteiger partial charge in [0.2, 0.25) is 0 Å². The van der Waals surface area contributed by atoms with Gasteiger partial charge in [-0.05, 0) is 0 Å². The van der Waals surface area contributed by atoms with Gasteiger partial charge in [0.25, 0.3) is 0 Å². The molecule has 0 bridgehead atoms. The molecule has 0 aromatic rings. The lowest BCUT2D eigenvalue weighted by Crippen LogP contribution is -2.69. The first kappa shape index (κ1) is 30.9. The van der Waals surface area contributed by atoms with Gasteiger partial charge in [0.1, 0.15) is 79.5 Å². The summed E-state index contributed by atoms with van der Waals surface area (Å²) in [6.07, 6.45) is -28.0. The lowest BCUT2D eigenvalue weighted by molar-refractivity contribution is -0.334. The average Bonchev–Trinajstić information content (AvgIpc) is 2.88. The Labute approximate surface area is 210 Å². The highest BCUT2D eigenvalue weighted by Crippen LogP contribution is 2.36. The van der Waals surface area contributed by atoms with E-state index < -0.39 is 124 Å². The summed E-state index contributed by atoms with van der Waals surface area (Å²) >= 11 is 0. The molecule has 3 saturated heterocycles. The SMILES string of the molecule is NC(OC1O[C@H](CO)[C@@H](O)[C@H](O)[C@@H]1O)C(C1O[C@H](CO)[C@@H](O)[C@H](O)[C@@H]1O)C1O[C@H](CO)[C@@H](O)[C@H](O)[C@@H]1O. The Hall–Kier alpha value is -0.680. The van der Waals surface area contributed by atoms with Gasteiger partial charge in [-0.25, -0.2) is 0 Å². The molecule has 0 aromatic carbocycles. The standard InChI is InChI=1S/C20H37NO16/c21-19(37-20-16(33)13(30)10(27)6(3-24)36-20)7(17-14(31)11(28)8(25)4(1-22)34-17)18-15(32)12(29)9(26)5(2-23)35-18/h4-20,22-33H,1-3,21H2/t4-,5-,6-,7?,8-,9-,10-,11+,12+,13+,14+,15+,16+,17?,18?,19?,20?/m1/s1. The molecule has 16 atom stereocenters. The highest BCUT2D eigenvalue weighted by atomic mass is 16.7. The van der Waals surface area contributed by atoms with Crippen molar-refractivity contribution in [2.24, 2.45) is 11.7 Å². The molecule has 3 heterocycles. The van der Waals surface area contributed by atoms with Gasteiger partial charge in [-0.1, -0.05) is 0 Å². The van der Waals surface area contributed by atoms with Gasteiger partial charge in [-0.2, -0.15) is 0 Å². The number of aliphatic hydroxyl groups excluding tert-OH is 12. The van der Waals surface area contributed by atoms with Crippen LogP contribution < -0.4 is 5.73 Å². The van der Waals surface area contributed by atoms with Gasteiger partial charge in [-0.15, -0.1) is 0 Å². The Morgan fingerprint density at radius 3 is 1.24 bits per heavy atom. The van der Waals surface area contributed by atoms with E-state index in [4.69, 9.17) is 24.7 Å². The topological polar surface area (TPSA) is 306 Å². The number of nitrogens with two attached hydrogens (primary N) is 1. The molecule has 4 unspecified atom stereocenters. The van der Waals surface area contributed by atoms with E-state index in [2.05, 4.69) is 0 Å². The van der Waals surface area contributed by atoms with E-state index in [0.717, 1.165) is 0 Å². The Morgan fingerprint density at radius 1 is 0.514 bits per heavy atom. The molecule has 3 aliphatic heterocycles. The number of hydrogen-bond acceptors (Lipinski definition) is 17. The van der Waals surface area contributed by atoms with Crippen LogP contribution in [0.25, 0.3) is 0 Å². The monoisotopic (exact) mass is 547 g/mol. The van der Waals surface area contributed by atoms with Crippen LogP contribution in [0.15, 0.2) is 0 Å². The van der Waals surface area contributed by atoms with Crippen LogP contribution in [-0.2, 0) is 18.9 Å². The smallest absolute Gasteiger partial charge is 0.188 e. The van der Waals surface area contributed by atoms with E-state index in [9.17, 15) is 61.3 Å². The summed E-state index contributed by atoms with van der Waals surface area (Å²) in [6.45, 7) is -2.44. The molecule has 14 N–H and O–H groups in total. The van der Waals surface area contributed by atoms with Crippen molar-refractivity contribution in [2.75, 3.05) is 19.8 Å². The van der Waals surface area contributed by atoms with Crippen molar-refractivity contribution in [3.05, 3.63) is 0 Å². The van der Waals surface area contributed by atoms with Gasteiger partial charge in [0.15, 0.2) is 6.29 Å². The molecule has 37 heavy (non-hydrogen) atoms. The maximum absolute atomic E-state index is 10.7. The minimum atomic E-state index is -1.94. The van der Waals surface area contributed by atoms with Crippen molar-refractivity contribution in [3.8, 4) is 0 Å². The van der Waals surface area contributed by atoms with Crippen LogP contribution in [0.3, 0.4) is 0 Å². The molecule has 3 aliphatic rings. The van der Waals surface area contributed by atoms with E-state index in [-0.39, 0.29) is 0 Å². The zero-order valence-electron chi connectivity index (χ0n) is 19.5. The van der Waals surface area contributed by atoms with Gasteiger partial charge >= 0.3 is 0 Å². The molecule has 3 fully saturated rings. The normalized spacial score (nSPS) is 51.0. The molecular formula is C20H37NO16. The molecule has 17 heteroatoms. The maximum atomic E-state index is 10.7. The summed E-state index contributed by atoms with van der Waals surface area (Å²) in [6, 6.07) is 0. The number of rotatable bonds is 8. The second-order valence-corrected chi connectivity index (χ2v) is 9.46. The minimum Gasteiger partial charge on any atom is -0.394 e. The third-order valence-electron chi connectivity index (χ3n) is 7.14. The first-order chi connectivity index (χ1) is 17.4. The fraction of sp³-hybridized carbons (Fsp3) is 1.00. The lowest BCUT2D eigenvalue weighted by atomic mass is 9.79. The molecule has 0 amide bonds. The van der Waals surface area contributed by atoms with E-state index in [1.54, 1.807) is 0 Å². The first-order valence-electron chi connectivity index (χ1n) is 11.7. The van der Waals surface area contributed by atoms with E-state index >= 15 is 0 Å². The highest BCUT2D eigenvalue weighted by Gasteiger charge is 2.56. The zero-order chi connectivity index (χ0) is 27.8. The second-order valence-electron chi connectivity index (χ2n) is 9.46. The Kier molecular flexibility index (Phi) is 10.6. The van der Waals surface area contributed by atoms with Crippen molar-refractivity contribution in [3.63, 3.8) is 0 Å². The third-order valence-corrected chi connectivity index (χ3v) is 7.14. The molecule has 0 aliphatic carbocycles. The van der Waals surface area contributed by atoms with Gasteiger partial charge in [0.05, 0.1) is 37.9 Å². The van der Waals surface area contributed by atoms with Crippen molar-refractivity contribution in [2.45, 2.75) is 98.0 Å². The van der Waals surface area contributed by atoms with Crippen LogP contribution in [0.5, 0.6) is 0 Å². The van der Waals surface area contributed by atoms with E-state index in [1.807, 2.05) is 0 Å². The summed E-state index contributed by atoms with van der Waals surface area (Å²) in [4.78, 5) is 0. The van der Waals surface area contributed by atoms with Crippen molar-refractivity contribution in [1.82, 2.24) is 0 Å². The van der Waals surface area contributed by atoms with Gasteiger partial charge in [-0.3, -0.25) is 0 Å². The van der Waals surface area contributed by atoms with Crippen molar-refractivity contribution < 1.29 is 80.2 Å². The Bertz CT molecular complexity index is 680. The number of aliphatic hydroxyl groups is 12. The lowest BCUT2D eigenvalue weighted by Gasteiger charge is -2.50.